The number of aryl methyl sites for hydroxylation is 3. The minimum Gasteiger partial charge on any atom is -0.326 e. The SMILES string of the molecule is CCc1cc(CN)c(C)cc1C. The number of hydrogen-bond acceptors (Lipinski definition) is 1. The molecular weight excluding hydrogens is 146 g/mol. The molecule has 0 heterocycles. The molecule has 12 heavy (non-hydrogen) atoms. The van der Waals surface area contributed by atoms with Gasteiger partial charge in [0.2, 0.25) is 0 Å². The van der Waals surface area contributed by atoms with Crippen molar-refractivity contribution in [2.24, 2.45) is 5.73 Å². The molecule has 0 fully saturated rings. The van der Waals surface area contributed by atoms with Crippen molar-refractivity contribution in [2.45, 2.75) is 33.7 Å². The first-order chi connectivity index (χ1) is 5.69. The molecule has 0 aliphatic rings. The van der Waals surface area contributed by atoms with E-state index in [-0.39, 0.29) is 0 Å². The molecule has 2 N–H and O–H groups in total. The quantitative estimate of drug-likeness (QED) is 0.711. The van der Waals surface area contributed by atoms with Crippen LogP contribution in [-0.4, -0.2) is 0 Å². The van der Waals surface area contributed by atoms with Crippen LogP contribution in [0, 0.1) is 13.8 Å². The lowest BCUT2D eigenvalue weighted by molar-refractivity contribution is 1.01. The second-order valence-electron chi connectivity index (χ2n) is 3.26. The highest BCUT2D eigenvalue weighted by Crippen LogP contribution is 2.15. The van der Waals surface area contributed by atoms with Crippen LogP contribution in [0.5, 0.6) is 0 Å². The van der Waals surface area contributed by atoms with Gasteiger partial charge in [0.25, 0.3) is 0 Å². The van der Waals surface area contributed by atoms with Crippen molar-refractivity contribution >= 4 is 0 Å². The van der Waals surface area contributed by atoms with Gasteiger partial charge < -0.3 is 5.73 Å². The first-order valence-electron chi connectivity index (χ1n) is 4.48. The predicted molar refractivity (Wildman–Crippen MR) is 53.2 cm³/mol. The van der Waals surface area contributed by atoms with E-state index < -0.39 is 0 Å². The Morgan fingerprint density at radius 2 is 1.67 bits per heavy atom. The summed E-state index contributed by atoms with van der Waals surface area (Å²) < 4.78 is 0. The zero-order valence-electron chi connectivity index (χ0n) is 8.15. The largest absolute Gasteiger partial charge is 0.326 e. The van der Waals surface area contributed by atoms with Crippen LogP contribution < -0.4 is 5.73 Å². The summed E-state index contributed by atoms with van der Waals surface area (Å²) in [5.74, 6) is 0. The lowest BCUT2D eigenvalue weighted by Crippen LogP contribution is -2.01. The molecule has 1 nitrogen and oxygen atoms in total. The Bertz CT molecular complexity index is 251. The highest BCUT2D eigenvalue weighted by Gasteiger charge is 2.00. The Morgan fingerprint density at radius 3 is 2.17 bits per heavy atom. The number of hydrogen-bond donors (Lipinski definition) is 1. The first-order valence-corrected chi connectivity index (χ1v) is 4.48. The molecule has 0 unspecified atom stereocenters. The lowest BCUT2D eigenvalue weighted by atomic mass is 9.98. The van der Waals surface area contributed by atoms with Crippen molar-refractivity contribution in [3.8, 4) is 0 Å². The third-order valence-corrected chi connectivity index (χ3v) is 2.40. The zero-order valence-corrected chi connectivity index (χ0v) is 8.15. The van der Waals surface area contributed by atoms with Crippen molar-refractivity contribution in [3.05, 3.63) is 34.4 Å². The number of benzene rings is 1. The van der Waals surface area contributed by atoms with Gasteiger partial charge in [0.05, 0.1) is 0 Å². The van der Waals surface area contributed by atoms with Crippen LogP contribution >= 0.6 is 0 Å². The molecule has 0 saturated carbocycles. The fourth-order valence-electron chi connectivity index (χ4n) is 1.55. The second kappa shape index (κ2) is 3.72. The van der Waals surface area contributed by atoms with E-state index in [1.807, 2.05) is 0 Å². The molecule has 1 aromatic rings. The summed E-state index contributed by atoms with van der Waals surface area (Å²) >= 11 is 0. The molecule has 1 rings (SSSR count). The molecule has 0 aromatic heterocycles. The van der Waals surface area contributed by atoms with Crippen LogP contribution in [-0.2, 0) is 13.0 Å². The van der Waals surface area contributed by atoms with Crippen molar-refractivity contribution in [3.63, 3.8) is 0 Å². The van der Waals surface area contributed by atoms with Gasteiger partial charge in [-0.15, -0.1) is 0 Å². The van der Waals surface area contributed by atoms with E-state index in [2.05, 4.69) is 32.9 Å². The molecule has 0 spiro atoms. The lowest BCUT2D eigenvalue weighted by Gasteiger charge is -2.08. The minimum absolute atomic E-state index is 0.652. The van der Waals surface area contributed by atoms with E-state index in [9.17, 15) is 0 Å². The molecule has 1 aromatic carbocycles. The molecule has 0 aliphatic carbocycles. The van der Waals surface area contributed by atoms with Crippen molar-refractivity contribution < 1.29 is 0 Å². The second-order valence-corrected chi connectivity index (χ2v) is 3.26. The first kappa shape index (κ1) is 9.27. The van der Waals surface area contributed by atoms with E-state index in [0.29, 0.717) is 6.54 Å². The van der Waals surface area contributed by atoms with Crippen LogP contribution in [0.2, 0.25) is 0 Å². The summed E-state index contributed by atoms with van der Waals surface area (Å²) in [6, 6.07) is 4.45. The standard InChI is InChI=1S/C11H17N/c1-4-10-6-11(7-12)9(3)5-8(10)2/h5-6H,4,7,12H2,1-3H3. The fourth-order valence-corrected chi connectivity index (χ4v) is 1.55. The van der Waals surface area contributed by atoms with Crippen LogP contribution in [0.15, 0.2) is 12.1 Å². The molecule has 1 heteroatoms. The van der Waals surface area contributed by atoms with E-state index in [0.717, 1.165) is 6.42 Å². The third-order valence-electron chi connectivity index (χ3n) is 2.40. The topological polar surface area (TPSA) is 26.0 Å². The summed E-state index contributed by atoms with van der Waals surface area (Å²) in [5, 5.41) is 0. The van der Waals surface area contributed by atoms with Crippen molar-refractivity contribution in [1.29, 1.82) is 0 Å². The molecule has 0 atom stereocenters. The van der Waals surface area contributed by atoms with Gasteiger partial charge in [0.1, 0.15) is 0 Å². The summed E-state index contributed by atoms with van der Waals surface area (Å²) in [6.45, 7) is 7.11. The number of nitrogens with two attached hydrogens (primary N) is 1. The van der Waals surface area contributed by atoms with E-state index in [4.69, 9.17) is 5.73 Å². The predicted octanol–water partition coefficient (Wildman–Crippen LogP) is 2.32. The van der Waals surface area contributed by atoms with Gasteiger partial charge in [-0.2, -0.15) is 0 Å². The van der Waals surface area contributed by atoms with Gasteiger partial charge in [-0.3, -0.25) is 0 Å². The summed E-state index contributed by atoms with van der Waals surface area (Å²) in [6.07, 6.45) is 1.10. The molecule has 66 valence electrons. The Balaban J connectivity index is 3.18. The van der Waals surface area contributed by atoms with Crippen LogP contribution in [0.4, 0.5) is 0 Å². The number of rotatable bonds is 2. The fraction of sp³-hybridized carbons (Fsp3) is 0.455. The highest BCUT2D eigenvalue weighted by molar-refractivity contribution is 5.37. The Kier molecular flexibility index (Phi) is 2.88. The molecule has 0 radical (unpaired) electrons. The molecule has 0 bridgehead atoms. The van der Waals surface area contributed by atoms with Gasteiger partial charge in [-0.05, 0) is 42.5 Å². The summed E-state index contributed by atoms with van der Waals surface area (Å²) in [7, 11) is 0. The summed E-state index contributed by atoms with van der Waals surface area (Å²) in [4.78, 5) is 0. The van der Waals surface area contributed by atoms with E-state index in [1.165, 1.54) is 22.3 Å². The van der Waals surface area contributed by atoms with E-state index >= 15 is 0 Å². The normalized spacial score (nSPS) is 10.3. The maximum absolute atomic E-state index is 5.62. The minimum atomic E-state index is 0.652. The maximum atomic E-state index is 5.62. The molecular formula is C11H17N. The Hall–Kier alpha value is -0.820. The van der Waals surface area contributed by atoms with Gasteiger partial charge in [0, 0.05) is 6.54 Å². The third kappa shape index (κ3) is 1.67. The zero-order chi connectivity index (χ0) is 9.14. The average molecular weight is 163 g/mol. The molecule has 0 saturated heterocycles. The van der Waals surface area contributed by atoms with Crippen LogP contribution in [0.3, 0.4) is 0 Å². The smallest absolute Gasteiger partial charge is 0.0180 e. The highest BCUT2D eigenvalue weighted by atomic mass is 14.5. The van der Waals surface area contributed by atoms with Crippen LogP contribution in [0.25, 0.3) is 0 Å². The van der Waals surface area contributed by atoms with Gasteiger partial charge in [0.15, 0.2) is 0 Å². The molecule has 0 aliphatic heterocycles. The van der Waals surface area contributed by atoms with Crippen LogP contribution in [0.1, 0.15) is 29.2 Å². The summed E-state index contributed by atoms with van der Waals surface area (Å²) in [5.41, 5.74) is 11.0. The average Bonchev–Trinajstić information content (AvgIpc) is 2.05. The van der Waals surface area contributed by atoms with Gasteiger partial charge >= 0.3 is 0 Å². The van der Waals surface area contributed by atoms with Crippen molar-refractivity contribution in [1.82, 2.24) is 0 Å². The van der Waals surface area contributed by atoms with Gasteiger partial charge in [-0.1, -0.05) is 19.1 Å². The molecule has 0 amide bonds. The maximum Gasteiger partial charge on any atom is 0.0180 e. The monoisotopic (exact) mass is 163 g/mol. The van der Waals surface area contributed by atoms with Crippen molar-refractivity contribution in [2.75, 3.05) is 0 Å². The van der Waals surface area contributed by atoms with Gasteiger partial charge in [-0.25, -0.2) is 0 Å². The van der Waals surface area contributed by atoms with E-state index in [1.54, 1.807) is 0 Å². The Labute approximate surface area is 74.6 Å². The Morgan fingerprint density at radius 1 is 1.08 bits per heavy atom.